The van der Waals surface area contributed by atoms with Gasteiger partial charge < -0.3 is 5.11 Å². The Bertz CT molecular complexity index is 857. The molecule has 4 heteroatoms. The first kappa shape index (κ1) is 13.7. The van der Waals surface area contributed by atoms with E-state index in [2.05, 4.69) is 40.4 Å². The molecule has 0 fully saturated rings. The lowest BCUT2D eigenvalue weighted by molar-refractivity contribution is 0.0697. The maximum absolute atomic E-state index is 11.1. The van der Waals surface area contributed by atoms with Crippen LogP contribution >= 0.6 is 0 Å². The van der Waals surface area contributed by atoms with Gasteiger partial charge in [-0.1, -0.05) is 30.2 Å². The highest BCUT2D eigenvalue weighted by molar-refractivity contribution is 5.97. The molecule has 22 heavy (non-hydrogen) atoms. The number of aromatic nitrogens is 2. The van der Waals surface area contributed by atoms with Gasteiger partial charge in [-0.2, -0.15) is 5.10 Å². The number of nitrogens with one attached hydrogen (secondary N) is 1. The molecule has 0 aliphatic heterocycles. The van der Waals surface area contributed by atoms with E-state index in [1.54, 1.807) is 24.5 Å². The van der Waals surface area contributed by atoms with E-state index in [-0.39, 0.29) is 5.56 Å². The smallest absolute Gasteiger partial charge is 0.336 e. The van der Waals surface area contributed by atoms with Crippen LogP contribution in [0.2, 0.25) is 0 Å². The van der Waals surface area contributed by atoms with Crippen LogP contribution in [0.1, 0.15) is 15.9 Å². The third-order valence-electron chi connectivity index (χ3n) is 3.35. The predicted octanol–water partition coefficient (Wildman–Crippen LogP) is 3.42. The highest BCUT2D eigenvalue weighted by atomic mass is 16.4. The van der Waals surface area contributed by atoms with Crippen molar-refractivity contribution < 1.29 is 9.90 Å². The van der Waals surface area contributed by atoms with Crippen molar-refractivity contribution in [2.45, 2.75) is 0 Å². The number of hydrogen-bond acceptors (Lipinski definition) is 2. The Balaban J connectivity index is 0.000000196. The molecule has 0 spiro atoms. The van der Waals surface area contributed by atoms with Gasteiger partial charge in [0, 0.05) is 22.9 Å². The maximum atomic E-state index is 11.1. The number of aromatic amines is 1. The van der Waals surface area contributed by atoms with Crippen molar-refractivity contribution in [1.82, 2.24) is 10.2 Å². The number of aromatic carboxylic acids is 1. The highest BCUT2D eigenvalue weighted by Gasteiger charge is 2.15. The fraction of sp³-hybridized carbons (Fsp3) is 0. The average molecular weight is 288 g/mol. The Morgan fingerprint density at radius 3 is 2.32 bits per heavy atom. The minimum Gasteiger partial charge on any atom is -0.478 e. The summed E-state index contributed by atoms with van der Waals surface area (Å²) in [5, 5.41) is 15.5. The minimum atomic E-state index is -1.01. The molecule has 4 nitrogen and oxygen atoms in total. The van der Waals surface area contributed by atoms with Gasteiger partial charge in [0.1, 0.15) is 0 Å². The van der Waals surface area contributed by atoms with Gasteiger partial charge in [-0.25, -0.2) is 4.79 Å². The van der Waals surface area contributed by atoms with E-state index in [0.717, 1.165) is 0 Å². The van der Waals surface area contributed by atoms with Gasteiger partial charge in [0.05, 0.1) is 11.8 Å². The van der Waals surface area contributed by atoms with Gasteiger partial charge in [0.2, 0.25) is 0 Å². The number of carboxylic acids is 1. The number of hydrogen-bond donors (Lipinski definition) is 2. The second-order valence-electron chi connectivity index (χ2n) is 4.75. The lowest BCUT2D eigenvalue weighted by Crippen LogP contribution is -2.00. The summed E-state index contributed by atoms with van der Waals surface area (Å²) in [4.78, 5) is 11.1. The predicted molar refractivity (Wildman–Crippen MR) is 84.4 cm³/mol. The molecule has 2 aliphatic carbocycles. The van der Waals surface area contributed by atoms with Crippen LogP contribution in [0.15, 0.2) is 54.9 Å². The number of carboxylic acid groups (broad SMARTS) is 1. The molecule has 0 unspecified atom stereocenters. The quantitative estimate of drug-likeness (QED) is 0.555. The number of carbonyl (C=O) groups is 1. The first-order valence-corrected chi connectivity index (χ1v) is 6.63. The van der Waals surface area contributed by atoms with E-state index in [0.29, 0.717) is 16.7 Å². The second kappa shape index (κ2) is 5.58. The van der Waals surface area contributed by atoms with Crippen molar-refractivity contribution in [3.8, 4) is 34.6 Å². The first-order valence-electron chi connectivity index (χ1n) is 6.63. The van der Waals surface area contributed by atoms with Gasteiger partial charge in [-0.05, 0) is 29.3 Å². The summed E-state index contributed by atoms with van der Waals surface area (Å²) in [7, 11) is 0. The number of fused-ring (bicyclic) bond motifs is 1. The lowest BCUT2D eigenvalue weighted by Gasteiger charge is -2.06. The largest absolute Gasteiger partial charge is 0.478 e. The molecule has 0 bridgehead atoms. The van der Waals surface area contributed by atoms with Crippen molar-refractivity contribution in [3.63, 3.8) is 0 Å². The Kier molecular flexibility index (Phi) is 3.47. The zero-order valence-corrected chi connectivity index (χ0v) is 11.6. The molecule has 1 aromatic heterocycles. The van der Waals surface area contributed by atoms with Crippen LogP contribution in [0.5, 0.6) is 0 Å². The van der Waals surface area contributed by atoms with E-state index in [1.165, 1.54) is 17.2 Å². The van der Waals surface area contributed by atoms with Gasteiger partial charge >= 0.3 is 5.97 Å². The van der Waals surface area contributed by atoms with Crippen molar-refractivity contribution in [3.05, 3.63) is 66.0 Å². The third kappa shape index (κ3) is 2.60. The monoisotopic (exact) mass is 288 g/mol. The van der Waals surface area contributed by atoms with Crippen molar-refractivity contribution in [2.24, 2.45) is 0 Å². The van der Waals surface area contributed by atoms with Crippen LogP contribution in [0, 0.1) is 12.3 Å². The summed E-state index contributed by atoms with van der Waals surface area (Å²) >= 11 is 0. The Hall–Kier alpha value is -3.32. The summed E-state index contributed by atoms with van der Waals surface area (Å²) < 4.78 is 0. The number of H-pyrrole nitrogens is 1. The molecule has 2 aliphatic rings. The SMILES string of the molecule is C#Cc1cccc(C(=O)O)c1-c1cn[nH]c1.c1cc2cc-2c1. The third-order valence-corrected chi connectivity index (χ3v) is 3.35. The summed E-state index contributed by atoms with van der Waals surface area (Å²) in [5.74, 6) is 1.47. The van der Waals surface area contributed by atoms with Crippen molar-refractivity contribution >= 4 is 5.97 Å². The number of nitrogens with zero attached hydrogens (tertiary/aromatic N) is 1. The fourth-order valence-corrected chi connectivity index (χ4v) is 2.22. The van der Waals surface area contributed by atoms with Crippen LogP contribution < -0.4 is 0 Å². The van der Waals surface area contributed by atoms with Crippen LogP contribution in [-0.4, -0.2) is 21.3 Å². The van der Waals surface area contributed by atoms with Crippen LogP contribution in [0.25, 0.3) is 22.3 Å². The molecule has 0 saturated heterocycles. The number of benzene rings is 2. The van der Waals surface area contributed by atoms with Gasteiger partial charge in [-0.3, -0.25) is 5.10 Å². The Morgan fingerprint density at radius 2 is 1.86 bits per heavy atom. The molecule has 0 atom stereocenters. The zero-order chi connectivity index (χ0) is 15.5. The zero-order valence-electron chi connectivity index (χ0n) is 11.6. The van der Waals surface area contributed by atoms with Crippen LogP contribution in [0.4, 0.5) is 0 Å². The average Bonchev–Trinajstić information content (AvgIpc) is 2.97. The number of terminal acetylenes is 1. The molecule has 1 aromatic carbocycles. The molecule has 4 rings (SSSR count). The summed E-state index contributed by atoms with van der Waals surface area (Å²) in [5.41, 5.74) is 4.76. The van der Waals surface area contributed by atoms with E-state index in [9.17, 15) is 4.79 Å². The fourth-order valence-electron chi connectivity index (χ4n) is 2.22. The van der Waals surface area contributed by atoms with Crippen molar-refractivity contribution in [1.29, 1.82) is 0 Å². The topological polar surface area (TPSA) is 66.0 Å². The van der Waals surface area contributed by atoms with Gasteiger partial charge in [-0.15, -0.1) is 6.42 Å². The van der Waals surface area contributed by atoms with Gasteiger partial charge in [0.25, 0.3) is 0 Å². The van der Waals surface area contributed by atoms with E-state index in [4.69, 9.17) is 11.5 Å². The van der Waals surface area contributed by atoms with Crippen LogP contribution in [0.3, 0.4) is 0 Å². The van der Waals surface area contributed by atoms with Gasteiger partial charge in [0.15, 0.2) is 0 Å². The molecule has 2 aromatic rings. The maximum Gasteiger partial charge on any atom is 0.336 e. The molecule has 1 heterocycles. The minimum absolute atomic E-state index is 0.178. The van der Waals surface area contributed by atoms with E-state index < -0.39 is 5.97 Å². The summed E-state index contributed by atoms with van der Waals surface area (Å²) in [6.07, 6.45) is 8.51. The van der Waals surface area contributed by atoms with E-state index in [1.807, 2.05) is 0 Å². The van der Waals surface area contributed by atoms with E-state index >= 15 is 0 Å². The molecule has 106 valence electrons. The molecule has 0 amide bonds. The highest BCUT2D eigenvalue weighted by Crippen LogP contribution is 2.32. The Labute approximate surface area is 127 Å². The Morgan fingerprint density at radius 1 is 1.14 bits per heavy atom. The molecule has 2 N–H and O–H groups in total. The molecule has 0 radical (unpaired) electrons. The standard InChI is InChI=1S/C12H8N2O2.C6H4/c1-2-8-4-3-5-10(12(15)16)11(8)9-6-13-14-7-9;1-2-5-4-6(5)3-1/h1,3-7H,(H,13,14)(H,15,16);1-4H. The normalized spacial score (nSPS) is 10.1. The lowest BCUT2D eigenvalue weighted by atomic mass is 9.97. The first-order chi connectivity index (χ1) is 10.7. The van der Waals surface area contributed by atoms with Crippen molar-refractivity contribution in [2.75, 3.05) is 0 Å². The summed E-state index contributed by atoms with van der Waals surface area (Å²) in [6, 6.07) is 13.3. The molecular formula is C18H12N2O2. The number of rotatable bonds is 2. The molecular weight excluding hydrogens is 276 g/mol. The molecule has 0 saturated carbocycles. The van der Waals surface area contributed by atoms with Crippen LogP contribution in [-0.2, 0) is 0 Å². The summed E-state index contributed by atoms with van der Waals surface area (Å²) in [6.45, 7) is 0. The second-order valence-corrected chi connectivity index (χ2v) is 4.75.